The maximum absolute atomic E-state index is 3.84. The van der Waals surface area contributed by atoms with Crippen molar-refractivity contribution in [2.24, 2.45) is 11.8 Å². The molecule has 3 atom stereocenters. The number of nitrogens with one attached hydrogen (secondary N) is 1. The predicted molar refractivity (Wildman–Crippen MR) is 172 cm³/mol. The van der Waals surface area contributed by atoms with Crippen LogP contribution in [0.4, 0.5) is 11.4 Å². The molecule has 1 spiro atoms. The molecule has 1 nitrogen and oxygen atoms in total. The lowest BCUT2D eigenvalue weighted by molar-refractivity contribution is 0.284. The molecule has 1 saturated carbocycles. The van der Waals surface area contributed by atoms with E-state index < -0.39 is 0 Å². The van der Waals surface area contributed by atoms with Gasteiger partial charge in [-0.1, -0.05) is 122 Å². The van der Waals surface area contributed by atoms with Crippen molar-refractivity contribution >= 4 is 11.4 Å². The van der Waals surface area contributed by atoms with Gasteiger partial charge >= 0.3 is 0 Å². The summed E-state index contributed by atoms with van der Waals surface area (Å²) in [5.41, 5.74) is 14.8. The van der Waals surface area contributed by atoms with Crippen molar-refractivity contribution in [2.45, 2.75) is 38.0 Å². The first-order chi connectivity index (χ1) is 20.2. The highest BCUT2D eigenvalue weighted by Crippen LogP contribution is 2.62. The molecular formula is C40H35N. The first-order valence-corrected chi connectivity index (χ1v) is 15.2. The summed E-state index contributed by atoms with van der Waals surface area (Å²) in [7, 11) is 0. The van der Waals surface area contributed by atoms with Crippen LogP contribution in [0, 0.1) is 11.8 Å². The fourth-order valence-corrected chi connectivity index (χ4v) is 8.15. The zero-order chi connectivity index (χ0) is 27.4. The van der Waals surface area contributed by atoms with Crippen LogP contribution in [-0.2, 0) is 5.41 Å². The van der Waals surface area contributed by atoms with E-state index in [0.717, 1.165) is 11.6 Å². The fraction of sp³-hybridized carbons (Fsp3) is 0.200. The van der Waals surface area contributed by atoms with E-state index in [-0.39, 0.29) is 5.41 Å². The molecule has 200 valence electrons. The summed E-state index contributed by atoms with van der Waals surface area (Å²) in [6.07, 6.45) is 7.76. The predicted octanol–water partition coefficient (Wildman–Crippen LogP) is 10.8. The molecule has 0 amide bonds. The Balaban J connectivity index is 1.18. The maximum atomic E-state index is 3.84. The summed E-state index contributed by atoms with van der Waals surface area (Å²) < 4.78 is 0. The van der Waals surface area contributed by atoms with E-state index in [2.05, 4.69) is 140 Å². The van der Waals surface area contributed by atoms with Crippen LogP contribution in [0.15, 0.2) is 133 Å². The van der Waals surface area contributed by atoms with Gasteiger partial charge in [0.2, 0.25) is 0 Å². The number of hydrogen-bond donors (Lipinski definition) is 1. The van der Waals surface area contributed by atoms with E-state index in [1.54, 1.807) is 5.57 Å². The Morgan fingerprint density at radius 2 is 1.29 bits per heavy atom. The molecule has 0 heterocycles. The molecule has 0 radical (unpaired) electrons. The van der Waals surface area contributed by atoms with Crippen LogP contribution in [0.25, 0.3) is 33.4 Å². The minimum atomic E-state index is 0.0276. The Kier molecular flexibility index (Phi) is 5.74. The lowest BCUT2D eigenvalue weighted by Crippen LogP contribution is -2.36. The van der Waals surface area contributed by atoms with Crippen molar-refractivity contribution in [3.05, 3.63) is 144 Å². The number of anilines is 2. The fourth-order valence-electron chi connectivity index (χ4n) is 8.15. The minimum Gasteiger partial charge on any atom is -0.355 e. The first-order valence-electron chi connectivity index (χ1n) is 15.2. The summed E-state index contributed by atoms with van der Waals surface area (Å²) in [5.74, 6) is 1.52. The second-order valence-corrected chi connectivity index (χ2v) is 12.3. The van der Waals surface area contributed by atoms with E-state index in [1.807, 2.05) is 0 Å². The molecule has 1 fully saturated rings. The average molecular weight is 530 g/mol. The second kappa shape index (κ2) is 9.63. The second-order valence-electron chi connectivity index (χ2n) is 12.3. The number of benzene rings is 5. The highest BCUT2D eigenvalue weighted by Gasteiger charge is 2.50. The van der Waals surface area contributed by atoms with Gasteiger partial charge in [-0.2, -0.15) is 0 Å². The highest BCUT2D eigenvalue weighted by atomic mass is 14.9. The molecule has 3 aliphatic carbocycles. The Labute approximate surface area is 243 Å². The molecule has 3 aliphatic rings. The zero-order valence-corrected chi connectivity index (χ0v) is 23.6. The van der Waals surface area contributed by atoms with Crippen molar-refractivity contribution in [3.8, 4) is 33.4 Å². The van der Waals surface area contributed by atoms with Crippen molar-refractivity contribution < 1.29 is 0 Å². The standard InChI is InChI=1S/C40H35N/c1-27-24-28-22-23-40(31(25-27)26-28)36-15-8-7-14-35(36)39-37(40)16-9-17-38(39)41-32-20-18-30(19-21-32)34-13-6-5-12-33(34)29-10-3-2-4-11-29/h2-21,25,27-28,41H,22-24,26H2,1H3. The molecule has 41 heavy (non-hydrogen) atoms. The van der Waals surface area contributed by atoms with E-state index in [1.165, 1.54) is 75.9 Å². The Morgan fingerprint density at radius 1 is 0.634 bits per heavy atom. The molecule has 5 aromatic rings. The largest absolute Gasteiger partial charge is 0.355 e. The van der Waals surface area contributed by atoms with Crippen LogP contribution in [-0.4, -0.2) is 0 Å². The van der Waals surface area contributed by atoms with Crippen LogP contribution in [0.5, 0.6) is 0 Å². The lowest BCUT2D eigenvalue weighted by Gasteiger charge is -2.45. The van der Waals surface area contributed by atoms with Crippen molar-refractivity contribution in [1.82, 2.24) is 0 Å². The van der Waals surface area contributed by atoms with Gasteiger partial charge in [0.15, 0.2) is 0 Å². The van der Waals surface area contributed by atoms with Gasteiger partial charge in [0, 0.05) is 22.4 Å². The molecule has 3 unspecified atom stereocenters. The smallest absolute Gasteiger partial charge is 0.0467 e. The van der Waals surface area contributed by atoms with E-state index in [0.29, 0.717) is 5.92 Å². The Bertz CT molecular complexity index is 1780. The van der Waals surface area contributed by atoms with Gasteiger partial charge in [0.05, 0.1) is 0 Å². The topological polar surface area (TPSA) is 12.0 Å². The molecule has 1 N–H and O–H groups in total. The highest BCUT2D eigenvalue weighted by molar-refractivity contribution is 5.93. The summed E-state index contributed by atoms with van der Waals surface area (Å²) >= 11 is 0. The molecule has 5 aromatic carbocycles. The molecule has 0 aliphatic heterocycles. The van der Waals surface area contributed by atoms with E-state index in [9.17, 15) is 0 Å². The zero-order valence-electron chi connectivity index (χ0n) is 23.6. The maximum Gasteiger partial charge on any atom is 0.0467 e. The molecule has 0 aromatic heterocycles. The first kappa shape index (κ1) is 24.4. The number of fused-ring (bicyclic) bond motifs is 8. The van der Waals surface area contributed by atoms with Crippen LogP contribution < -0.4 is 5.32 Å². The SMILES string of the molecule is CC1C=C2CC(CCC23c2ccccc2-c2c(Nc4ccc(-c5ccccc5-c5ccccc5)cc4)cccc23)C1. The molecule has 2 bridgehead atoms. The quantitative estimate of drug-likeness (QED) is 0.228. The van der Waals surface area contributed by atoms with Gasteiger partial charge in [0.1, 0.15) is 0 Å². The van der Waals surface area contributed by atoms with Gasteiger partial charge in [-0.15, -0.1) is 0 Å². The van der Waals surface area contributed by atoms with Crippen LogP contribution >= 0.6 is 0 Å². The monoisotopic (exact) mass is 529 g/mol. The van der Waals surface area contributed by atoms with Crippen LogP contribution in [0.2, 0.25) is 0 Å². The summed E-state index contributed by atoms with van der Waals surface area (Å²) in [6, 6.07) is 44.4. The Morgan fingerprint density at radius 3 is 2.07 bits per heavy atom. The third-order valence-electron chi connectivity index (χ3n) is 9.84. The van der Waals surface area contributed by atoms with E-state index in [4.69, 9.17) is 0 Å². The summed E-state index contributed by atoms with van der Waals surface area (Å²) in [6.45, 7) is 2.41. The third kappa shape index (κ3) is 3.90. The normalized spacial score (nSPS) is 22.1. The van der Waals surface area contributed by atoms with Gasteiger partial charge < -0.3 is 5.32 Å². The average Bonchev–Trinajstić information content (AvgIpc) is 3.31. The van der Waals surface area contributed by atoms with Gasteiger partial charge in [0.25, 0.3) is 0 Å². The summed E-state index contributed by atoms with van der Waals surface area (Å²) in [5, 5.41) is 3.84. The van der Waals surface area contributed by atoms with Crippen molar-refractivity contribution in [1.29, 1.82) is 0 Å². The number of hydrogen-bond acceptors (Lipinski definition) is 1. The van der Waals surface area contributed by atoms with Crippen molar-refractivity contribution in [2.75, 3.05) is 5.32 Å². The molecule has 8 rings (SSSR count). The third-order valence-corrected chi connectivity index (χ3v) is 9.84. The Hall–Kier alpha value is -4.36. The summed E-state index contributed by atoms with van der Waals surface area (Å²) in [4.78, 5) is 0. The molecular weight excluding hydrogens is 494 g/mol. The van der Waals surface area contributed by atoms with Gasteiger partial charge in [-0.25, -0.2) is 0 Å². The number of allylic oxidation sites excluding steroid dienone is 2. The van der Waals surface area contributed by atoms with Crippen molar-refractivity contribution in [3.63, 3.8) is 0 Å². The van der Waals surface area contributed by atoms with Crippen LogP contribution in [0.1, 0.15) is 43.7 Å². The van der Waals surface area contributed by atoms with Gasteiger partial charge in [-0.05, 0) is 94.7 Å². The van der Waals surface area contributed by atoms with Gasteiger partial charge in [-0.3, -0.25) is 0 Å². The minimum absolute atomic E-state index is 0.0276. The molecule has 1 heteroatoms. The van der Waals surface area contributed by atoms with Crippen LogP contribution in [0.3, 0.4) is 0 Å². The molecule has 0 saturated heterocycles. The number of rotatable bonds is 4. The van der Waals surface area contributed by atoms with E-state index >= 15 is 0 Å². The lowest BCUT2D eigenvalue weighted by atomic mass is 9.58.